The van der Waals surface area contributed by atoms with E-state index in [1.165, 1.54) is 39.0 Å². The maximum atomic E-state index is 9.63. The number of aliphatic hydroxyl groups is 2. The standard InChI is InChI=1S/C34H42N4O2.Pt/c1-7-23-19(3)27-15-28-21(5)25(11-9-13-39)33(37-28)18-34-26(12-10-14-40)22(6)30(38-34)17-32-24(8-2)20(4)29(36-32)16-31(23)35-27;/h15-18,35,38-40H,7-14H2,1-6H3;. The average molecular weight is 734 g/mol. The first-order valence-electron chi connectivity index (χ1n) is 14.7. The summed E-state index contributed by atoms with van der Waals surface area (Å²) in [6.45, 7) is 13.3. The number of nitrogens with one attached hydrogen (secondary N) is 2. The van der Waals surface area contributed by atoms with Crippen LogP contribution in [0.25, 0.3) is 44.4 Å². The van der Waals surface area contributed by atoms with Crippen molar-refractivity contribution in [3.05, 3.63) is 69.3 Å². The van der Waals surface area contributed by atoms with E-state index in [-0.39, 0.29) is 34.3 Å². The van der Waals surface area contributed by atoms with E-state index >= 15 is 0 Å². The number of hydrogen-bond donors (Lipinski definition) is 4. The number of aliphatic hydroxyl groups excluding tert-OH is 2. The number of H-pyrrole nitrogens is 2. The summed E-state index contributed by atoms with van der Waals surface area (Å²) in [7, 11) is 0. The molecular formula is C34H42N4O2Pt. The van der Waals surface area contributed by atoms with Crippen molar-refractivity contribution in [3.63, 3.8) is 0 Å². The van der Waals surface area contributed by atoms with Crippen LogP contribution in [0.5, 0.6) is 0 Å². The molecule has 0 atom stereocenters. The Kier molecular flexibility index (Phi) is 9.89. The van der Waals surface area contributed by atoms with Gasteiger partial charge in [0.2, 0.25) is 0 Å². The molecule has 8 bridgehead atoms. The van der Waals surface area contributed by atoms with E-state index in [0.29, 0.717) is 12.8 Å². The van der Waals surface area contributed by atoms with Crippen molar-refractivity contribution < 1.29 is 31.3 Å². The fourth-order valence-corrected chi connectivity index (χ4v) is 6.27. The second-order valence-electron chi connectivity index (χ2n) is 11.0. The zero-order valence-electron chi connectivity index (χ0n) is 25.1. The van der Waals surface area contributed by atoms with E-state index in [2.05, 4.69) is 75.8 Å². The molecular weight excluding hydrogens is 691 g/mol. The van der Waals surface area contributed by atoms with Gasteiger partial charge in [-0.25, -0.2) is 9.97 Å². The number of aromatic amines is 2. The Morgan fingerprint density at radius 2 is 1.05 bits per heavy atom. The maximum Gasteiger partial charge on any atom is 0.0693 e. The molecule has 220 valence electrons. The first-order chi connectivity index (χ1) is 19.3. The molecule has 4 N–H and O–H groups in total. The van der Waals surface area contributed by atoms with E-state index in [9.17, 15) is 10.2 Å². The summed E-state index contributed by atoms with van der Waals surface area (Å²) >= 11 is 0. The monoisotopic (exact) mass is 733 g/mol. The molecule has 3 aromatic rings. The molecule has 0 radical (unpaired) electrons. The average Bonchev–Trinajstić information content (AvgIpc) is 3.59. The van der Waals surface area contributed by atoms with Crippen molar-refractivity contribution in [3.8, 4) is 0 Å². The van der Waals surface area contributed by atoms with Crippen LogP contribution in [-0.4, -0.2) is 43.4 Å². The number of nitrogens with zero attached hydrogens (tertiary/aromatic N) is 2. The molecule has 0 saturated heterocycles. The molecule has 0 amide bonds. The molecule has 0 aromatic carbocycles. The molecule has 5 rings (SSSR count). The van der Waals surface area contributed by atoms with Gasteiger partial charge < -0.3 is 20.2 Å². The van der Waals surface area contributed by atoms with Crippen LogP contribution in [0, 0.1) is 13.8 Å². The molecule has 0 saturated carbocycles. The van der Waals surface area contributed by atoms with Gasteiger partial charge in [-0.3, -0.25) is 0 Å². The largest absolute Gasteiger partial charge is 0.396 e. The Bertz CT molecular complexity index is 1690. The quantitative estimate of drug-likeness (QED) is 0.193. The topological polar surface area (TPSA) is 97.8 Å². The SMILES string of the molecule is CCC1=C(C)c2cc3[nH]c(cc4nc(cc5[nH]c(cc1n2)c(C)c5CCCO)C(CCCO)=C4C)c(C)c3CC.[Pt]. The van der Waals surface area contributed by atoms with E-state index < -0.39 is 0 Å². The van der Waals surface area contributed by atoms with Crippen molar-refractivity contribution in [1.82, 2.24) is 19.9 Å². The first-order valence-corrected chi connectivity index (χ1v) is 14.7. The number of aromatic nitrogens is 4. The van der Waals surface area contributed by atoms with Crippen molar-refractivity contribution in [2.24, 2.45) is 0 Å². The van der Waals surface area contributed by atoms with Crippen LogP contribution in [-0.2, 0) is 33.9 Å². The second-order valence-corrected chi connectivity index (χ2v) is 11.0. The maximum absolute atomic E-state index is 9.63. The fourth-order valence-electron chi connectivity index (χ4n) is 6.27. The van der Waals surface area contributed by atoms with Gasteiger partial charge in [-0.15, -0.1) is 0 Å². The molecule has 0 spiro atoms. The number of hydrogen-bond acceptors (Lipinski definition) is 4. The third-order valence-corrected chi connectivity index (χ3v) is 8.68. The third-order valence-electron chi connectivity index (χ3n) is 8.68. The molecule has 41 heavy (non-hydrogen) atoms. The first kappa shape index (κ1) is 31.2. The van der Waals surface area contributed by atoms with Gasteiger partial charge in [0, 0.05) is 56.3 Å². The number of rotatable bonds is 8. The predicted octanol–water partition coefficient (Wildman–Crippen LogP) is 7.46. The van der Waals surface area contributed by atoms with E-state index in [1.807, 2.05) is 0 Å². The Morgan fingerprint density at radius 3 is 1.63 bits per heavy atom. The van der Waals surface area contributed by atoms with Crippen molar-refractivity contribution in [1.29, 1.82) is 0 Å². The van der Waals surface area contributed by atoms with Gasteiger partial charge in [0.1, 0.15) is 0 Å². The van der Waals surface area contributed by atoms with Crippen LogP contribution in [0.3, 0.4) is 0 Å². The molecule has 0 unspecified atom stereocenters. The van der Waals surface area contributed by atoms with Crippen molar-refractivity contribution >= 4 is 44.4 Å². The zero-order chi connectivity index (χ0) is 28.6. The van der Waals surface area contributed by atoms with E-state index in [1.54, 1.807) is 0 Å². The normalized spacial score (nSPS) is 13.3. The van der Waals surface area contributed by atoms with Gasteiger partial charge in [-0.2, -0.15) is 0 Å². The summed E-state index contributed by atoms with van der Waals surface area (Å²) in [6, 6.07) is 8.73. The summed E-state index contributed by atoms with van der Waals surface area (Å²) in [4.78, 5) is 17.7. The Hall–Kier alpha value is -2.79. The Balaban J connectivity index is 0.00000387. The van der Waals surface area contributed by atoms with Crippen LogP contribution in [0.4, 0.5) is 0 Å². The van der Waals surface area contributed by atoms with E-state index in [4.69, 9.17) is 9.97 Å². The minimum atomic E-state index is 0. The summed E-state index contributed by atoms with van der Waals surface area (Å²) in [5, 5.41) is 19.3. The minimum absolute atomic E-state index is 0. The number of allylic oxidation sites excluding steroid dienone is 4. The number of aryl methyl sites for hydroxylation is 4. The molecule has 2 aliphatic rings. The van der Waals surface area contributed by atoms with Crippen LogP contribution < -0.4 is 0 Å². The second kappa shape index (κ2) is 13.0. The summed E-state index contributed by atoms with van der Waals surface area (Å²) in [5.41, 5.74) is 17.9. The van der Waals surface area contributed by atoms with Crippen LogP contribution in [0.1, 0.15) is 98.4 Å². The summed E-state index contributed by atoms with van der Waals surface area (Å²) in [6.07, 6.45) is 4.77. The fraction of sp³-hybridized carbons (Fsp3) is 0.412. The van der Waals surface area contributed by atoms with Gasteiger partial charge in [0.15, 0.2) is 0 Å². The zero-order valence-corrected chi connectivity index (χ0v) is 27.3. The molecule has 0 fully saturated rings. The molecule has 7 heteroatoms. The molecule has 3 aromatic heterocycles. The summed E-state index contributed by atoms with van der Waals surface area (Å²) < 4.78 is 0. The van der Waals surface area contributed by atoms with Crippen LogP contribution in [0.15, 0.2) is 24.3 Å². The number of fused-ring (bicyclic) bond motifs is 8. The smallest absolute Gasteiger partial charge is 0.0693 e. The minimum Gasteiger partial charge on any atom is -0.396 e. The van der Waals surface area contributed by atoms with E-state index in [0.717, 1.165) is 76.1 Å². The molecule has 6 nitrogen and oxygen atoms in total. The van der Waals surface area contributed by atoms with Gasteiger partial charge in [0.05, 0.1) is 22.8 Å². The van der Waals surface area contributed by atoms with Gasteiger partial charge >= 0.3 is 0 Å². The third kappa shape index (κ3) is 5.80. The van der Waals surface area contributed by atoms with Gasteiger partial charge in [0.25, 0.3) is 0 Å². The Morgan fingerprint density at radius 1 is 0.585 bits per heavy atom. The molecule has 2 aliphatic heterocycles. The van der Waals surface area contributed by atoms with Gasteiger partial charge in [-0.1, -0.05) is 13.8 Å². The van der Waals surface area contributed by atoms with Crippen molar-refractivity contribution in [2.45, 2.75) is 80.1 Å². The molecule has 0 aliphatic carbocycles. The van der Waals surface area contributed by atoms with Gasteiger partial charge in [-0.05, 0) is 135 Å². The van der Waals surface area contributed by atoms with Crippen LogP contribution in [0.2, 0.25) is 0 Å². The summed E-state index contributed by atoms with van der Waals surface area (Å²) in [5.74, 6) is 0. The molecule has 5 heterocycles. The predicted molar refractivity (Wildman–Crippen MR) is 167 cm³/mol. The van der Waals surface area contributed by atoms with Crippen molar-refractivity contribution in [2.75, 3.05) is 13.2 Å². The van der Waals surface area contributed by atoms with Crippen LogP contribution >= 0.6 is 0 Å². The Labute approximate surface area is 257 Å².